The fourth-order valence-electron chi connectivity index (χ4n) is 14.1. The standard InChI is InChI=1S/C79H121N19O22/c1-41(2)34-52(68(109)87-49(26-28-60(81)102)67(108)95-64(44(7)8)77(118)98-33-15-20-58(98)72(113)93-56(40-100)78(119)120)90-69(110)53(37-46-22-24-47(101)25-23-46)91-66(107)50(27-29-62(104)105)88-74(115)63(43(5)6)94-73(114)59-21-14-32-97(59)76(117)54(35-42(3)4)86-61(103)38-85-71(112)57-19-13-31-96(57)75(116)51(18-12-30-84-79(82)83)89-70(111)55(39-99)92-65(106)48(80)36-45-16-10-9-11-17-45/h9-11,16-17,22-25,41-44,48-59,63-64,99-101H,12-15,18-21,26-40,80H2,1-8H3,(H2,81,102)(H,85,112)(H,86,103)(H,87,109)(H,88,115)(H,89,111)(H,90,110)(H,91,107)(H,92,106)(H,93,113)(H,94,114)(H,95,108)(H,104,105)(H,119,120)(H4,82,83,84)/t48-,49-,50-,51-,52-,53-,54-,55-,56-,57-,58-,59-,63-,64-/m0/s1. The zero-order valence-corrected chi connectivity index (χ0v) is 69.1. The third kappa shape index (κ3) is 31.3. The van der Waals surface area contributed by atoms with Crippen LogP contribution in [0.1, 0.15) is 156 Å². The first-order chi connectivity index (χ1) is 56.6. The van der Waals surface area contributed by atoms with E-state index >= 15 is 0 Å². The van der Waals surface area contributed by atoms with Gasteiger partial charge in [0.15, 0.2) is 5.96 Å². The number of aromatic hydroxyl groups is 1. The number of nitrogens with zero attached hydrogens (tertiary/aromatic N) is 4. The number of phenolic OH excluding ortho intramolecular Hbond substituents is 1. The number of aliphatic hydroxyl groups excluding tert-OH is 2. The molecule has 24 N–H and O–H groups in total. The summed E-state index contributed by atoms with van der Waals surface area (Å²) in [5.74, 6) is -18.5. The number of hydrogen-bond acceptors (Lipinski definition) is 22. The highest BCUT2D eigenvalue weighted by Crippen LogP contribution is 2.25. The summed E-state index contributed by atoms with van der Waals surface area (Å²) in [5.41, 5.74) is 23.7. The van der Waals surface area contributed by atoms with E-state index in [4.69, 9.17) is 22.9 Å². The lowest BCUT2D eigenvalue weighted by Gasteiger charge is -2.32. The van der Waals surface area contributed by atoms with Gasteiger partial charge in [0.2, 0.25) is 88.6 Å². The van der Waals surface area contributed by atoms with E-state index in [2.05, 4.69) is 63.5 Å². The maximum absolute atomic E-state index is 14.8. The highest BCUT2D eigenvalue weighted by molar-refractivity contribution is 6.01. The third-order valence-corrected chi connectivity index (χ3v) is 20.5. The molecule has 0 radical (unpaired) electrons. The van der Waals surface area contributed by atoms with Gasteiger partial charge in [-0.15, -0.1) is 0 Å². The van der Waals surface area contributed by atoms with Gasteiger partial charge in [0, 0.05) is 45.4 Å². The fraction of sp³-hybridized carbons (Fsp3) is 0.620. The number of aliphatic hydroxyl groups is 2. The fourth-order valence-corrected chi connectivity index (χ4v) is 14.1. The third-order valence-electron chi connectivity index (χ3n) is 20.5. The van der Waals surface area contributed by atoms with Crippen molar-refractivity contribution < 1.29 is 107 Å². The Bertz CT molecular complexity index is 3940. The molecule has 3 heterocycles. The van der Waals surface area contributed by atoms with E-state index in [0.717, 1.165) is 10.5 Å². The number of nitrogens with two attached hydrogens (primary N) is 4. The van der Waals surface area contributed by atoms with E-state index in [-0.39, 0.29) is 114 Å². The van der Waals surface area contributed by atoms with Gasteiger partial charge in [0.25, 0.3) is 0 Å². The number of primary amides is 1. The molecule has 0 spiro atoms. The molecule has 120 heavy (non-hydrogen) atoms. The van der Waals surface area contributed by atoms with Crippen molar-refractivity contribution in [2.75, 3.05) is 45.9 Å². The second kappa shape index (κ2) is 48.4. The van der Waals surface area contributed by atoms with Crippen molar-refractivity contribution in [1.29, 1.82) is 0 Å². The number of aliphatic imine (C=N–C) groups is 1. The van der Waals surface area contributed by atoms with Gasteiger partial charge < -0.3 is 122 Å². The summed E-state index contributed by atoms with van der Waals surface area (Å²) in [6.45, 7) is 10.9. The molecule has 3 fully saturated rings. The van der Waals surface area contributed by atoms with Gasteiger partial charge in [-0.05, 0) is 130 Å². The van der Waals surface area contributed by atoms with Crippen LogP contribution in [-0.2, 0) is 94.3 Å². The van der Waals surface area contributed by atoms with Crippen LogP contribution in [0, 0.1) is 23.7 Å². The van der Waals surface area contributed by atoms with Crippen LogP contribution in [0.15, 0.2) is 59.6 Å². The number of guanidine groups is 1. The normalized spacial score (nSPS) is 17.9. The molecule has 3 saturated heterocycles. The zero-order valence-electron chi connectivity index (χ0n) is 69.1. The lowest BCUT2D eigenvalue weighted by molar-refractivity contribution is -0.146. The molecule has 15 amide bonds. The molecular formula is C79H121N19O22. The van der Waals surface area contributed by atoms with E-state index in [9.17, 15) is 107 Å². The molecule has 0 bridgehead atoms. The quantitative estimate of drug-likeness (QED) is 0.0168. The smallest absolute Gasteiger partial charge is 0.328 e. The average molecular weight is 1690 g/mol. The molecule has 2 aromatic carbocycles. The minimum Gasteiger partial charge on any atom is -0.508 e. The Kier molecular flexibility index (Phi) is 39.9. The van der Waals surface area contributed by atoms with Crippen LogP contribution in [0.2, 0.25) is 0 Å². The number of hydrogen-bond donors (Lipinski definition) is 20. The van der Waals surface area contributed by atoms with Crippen LogP contribution >= 0.6 is 0 Å². The van der Waals surface area contributed by atoms with Crippen molar-refractivity contribution in [2.45, 2.75) is 243 Å². The van der Waals surface area contributed by atoms with Crippen LogP contribution in [0.4, 0.5) is 0 Å². The van der Waals surface area contributed by atoms with Gasteiger partial charge in [-0.1, -0.05) is 97.9 Å². The number of carboxylic acid groups (broad SMARTS) is 2. The highest BCUT2D eigenvalue weighted by Gasteiger charge is 2.45. The van der Waals surface area contributed by atoms with E-state index in [1.807, 2.05) is 0 Å². The van der Waals surface area contributed by atoms with Crippen LogP contribution in [0.5, 0.6) is 5.75 Å². The number of benzene rings is 2. The van der Waals surface area contributed by atoms with Gasteiger partial charge in [-0.2, -0.15) is 0 Å². The van der Waals surface area contributed by atoms with Crippen LogP contribution in [-0.4, -0.2) is 277 Å². The lowest BCUT2D eigenvalue weighted by Crippen LogP contribution is -2.61. The summed E-state index contributed by atoms with van der Waals surface area (Å²) >= 11 is 0. The molecule has 0 unspecified atom stereocenters. The summed E-state index contributed by atoms with van der Waals surface area (Å²) in [5, 5.41) is 77.3. The maximum Gasteiger partial charge on any atom is 0.328 e. The molecule has 5 rings (SSSR count). The molecule has 41 heteroatoms. The Balaban J connectivity index is 1.29. The molecule has 2 aromatic rings. The van der Waals surface area contributed by atoms with Crippen molar-refractivity contribution >= 4 is 107 Å². The van der Waals surface area contributed by atoms with Gasteiger partial charge in [-0.3, -0.25) is 81.7 Å². The van der Waals surface area contributed by atoms with Crippen LogP contribution < -0.4 is 81.4 Å². The van der Waals surface area contributed by atoms with Crippen LogP contribution in [0.25, 0.3) is 0 Å². The molecule has 0 aliphatic carbocycles. The minimum atomic E-state index is -1.75. The Morgan fingerprint density at radius 2 is 0.900 bits per heavy atom. The second-order valence-electron chi connectivity index (χ2n) is 31.8. The molecule has 14 atom stereocenters. The first-order valence-corrected chi connectivity index (χ1v) is 40.4. The Labute approximate surface area is 695 Å². The predicted molar refractivity (Wildman–Crippen MR) is 432 cm³/mol. The number of amides is 15. The monoisotopic (exact) mass is 1690 g/mol. The molecule has 0 aromatic heterocycles. The van der Waals surface area contributed by atoms with Crippen molar-refractivity contribution in [1.82, 2.24) is 73.2 Å². The summed E-state index contributed by atoms with van der Waals surface area (Å²) in [6.07, 6.45) is -1.18. The number of aliphatic carboxylic acids is 2. The predicted octanol–water partition coefficient (Wildman–Crippen LogP) is -4.90. The SMILES string of the molecule is CC(C)C[C@H](NC(=O)[C@H](Cc1ccc(O)cc1)NC(=O)[C@H](CCC(=O)O)NC(=O)[C@@H](NC(=O)[C@@H]1CCCN1C(=O)[C@H](CC(C)C)NC(=O)CNC(=O)[C@@H]1CCCN1C(=O)[C@H](CCCN=C(N)N)NC(=O)[C@H](CO)NC(=O)[C@@H](N)Cc1ccccc1)C(C)C)C(=O)N[C@@H](CCC(N)=O)C(=O)N[C@H](C(=O)N1CCC[C@H]1C(=O)N[C@@H](CO)C(=O)O)C(C)C. The van der Waals surface area contributed by atoms with Gasteiger partial charge >= 0.3 is 11.9 Å². The van der Waals surface area contributed by atoms with Crippen LogP contribution in [0.3, 0.4) is 0 Å². The number of carbonyl (C=O) groups excluding carboxylic acids is 15. The first kappa shape index (κ1) is 99.0. The van der Waals surface area contributed by atoms with Crippen molar-refractivity contribution in [3.8, 4) is 5.75 Å². The van der Waals surface area contributed by atoms with Crippen molar-refractivity contribution in [2.24, 2.45) is 51.6 Å². The summed E-state index contributed by atoms with van der Waals surface area (Å²) < 4.78 is 0. The number of phenols is 1. The second-order valence-corrected chi connectivity index (χ2v) is 31.8. The summed E-state index contributed by atoms with van der Waals surface area (Å²) in [7, 11) is 0. The summed E-state index contributed by atoms with van der Waals surface area (Å²) in [4.78, 5) is 242. The minimum absolute atomic E-state index is 0.0199. The first-order valence-electron chi connectivity index (χ1n) is 40.4. The van der Waals surface area contributed by atoms with Gasteiger partial charge in [0.05, 0.1) is 25.8 Å². The van der Waals surface area contributed by atoms with E-state index in [1.54, 1.807) is 85.7 Å². The average Bonchev–Trinajstić information content (AvgIpc) is 1.77. The van der Waals surface area contributed by atoms with Gasteiger partial charge in [0.1, 0.15) is 84.3 Å². The Morgan fingerprint density at radius 1 is 0.450 bits per heavy atom. The Hall–Kier alpha value is -11.6. The Morgan fingerprint density at radius 3 is 1.43 bits per heavy atom. The maximum atomic E-state index is 14.8. The number of carbonyl (C=O) groups is 17. The van der Waals surface area contributed by atoms with E-state index in [0.29, 0.717) is 18.4 Å². The molecule has 3 aliphatic heterocycles. The molecule has 41 nitrogen and oxygen atoms in total. The van der Waals surface area contributed by atoms with Crippen molar-refractivity contribution in [3.63, 3.8) is 0 Å². The number of nitrogens with one attached hydrogen (secondary N) is 11. The molecule has 664 valence electrons. The number of likely N-dealkylation sites (tertiary alicyclic amines) is 3. The number of carboxylic acids is 2. The largest absolute Gasteiger partial charge is 0.508 e. The van der Waals surface area contributed by atoms with E-state index in [1.165, 1.54) is 34.1 Å². The van der Waals surface area contributed by atoms with E-state index < -0.39 is 242 Å². The number of rotatable bonds is 48. The topological polar surface area (TPSA) is 650 Å². The van der Waals surface area contributed by atoms with Gasteiger partial charge in [-0.25, -0.2) is 4.79 Å². The summed E-state index contributed by atoms with van der Waals surface area (Å²) in [6, 6.07) is -5.64. The highest BCUT2D eigenvalue weighted by atomic mass is 16.4. The van der Waals surface area contributed by atoms with Crippen molar-refractivity contribution in [3.05, 3.63) is 65.7 Å². The molecular weight excluding hydrogens is 1570 g/mol. The molecule has 0 saturated carbocycles. The lowest BCUT2D eigenvalue weighted by atomic mass is 9.99. The zero-order chi connectivity index (χ0) is 89.4. The molecule has 3 aliphatic rings.